The maximum Gasteiger partial charge on any atom is 0.196 e. The minimum Gasteiger partial charge on any atom is -0.507 e. The number of aryl methyl sites for hydroxylation is 1. The molecule has 0 amide bonds. The normalized spacial score (nSPS) is 10.3. The van der Waals surface area contributed by atoms with Crippen LogP contribution in [0.15, 0.2) is 36.4 Å². The molecule has 0 aromatic heterocycles. The van der Waals surface area contributed by atoms with Crippen LogP contribution >= 0.6 is 0 Å². The molecule has 0 saturated heterocycles. The van der Waals surface area contributed by atoms with Gasteiger partial charge in [0.1, 0.15) is 5.75 Å². The Kier molecular flexibility index (Phi) is 2.93. The topological polar surface area (TPSA) is 77.8 Å². The Morgan fingerprint density at radius 2 is 1.61 bits per heavy atom. The molecule has 0 saturated carbocycles. The van der Waals surface area contributed by atoms with Gasteiger partial charge in [0.05, 0.1) is 5.56 Å². The minimum atomic E-state index is -0.465. The summed E-state index contributed by atoms with van der Waals surface area (Å²) < 4.78 is 0. The highest BCUT2D eigenvalue weighted by Crippen LogP contribution is 2.33. The van der Waals surface area contributed by atoms with Gasteiger partial charge in [-0.2, -0.15) is 0 Å². The van der Waals surface area contributed by atoms with E-state index in [4.69, 9.17) is 0 Å². The van der Waals surface area contributed by atoms with E-state index in [2.05, 4.69) is 0 Å². The highest BCUT2D eigenvalue weighted by atomic mass is 16.3. The summed E-state index contributed by atoms with van der Waals surface area (Å²) >= 11 is 0. The SMILES string of the molecule is Cc1cccc(C(=O)c2cc(O)c(O)cc2O)c1. The highest BCUT2D eigenvalue weighted by Gasteiger charge is 2.16. The fourth-order valence-corrected chi connectivity index (χ4v) is 1.69. The van der Waals surface area contributed by atoms with Gasteiger partial charge in [0.25, 0.3) is 0 Å². The molecule has 0 unspecified atom stereocenters. The van der Waals surface area contributed by atoms with Crippen molar-refractivity contribution in [3.8, 4) is 17.2 Å². The molecule has 0 spiro atoms. The van der Waals surface area contributed by atoms with Gasteiger partial charge in [-0.25, -0.2) is 0 Å². The Bertz CT molecular complexity index is 617. The smallest absolute Gasteiger partial charge is 0.196 e. The molecule has 0 radical (unpaired) electrons. The first-order valence-corrected chi connectivity index (χ1v) is 5.35. The molecule has 4 heteroatoms. The summed E-state index contributed by atoms with van der Waals surface area (Å²) in [7, 11) is 0. The standard InChI is InChI=1S/C14H12O4/c1-8-3-2-4-9(5-8)14(18)10-6-12(16)13(17)7-11(10)15/h2-7,15-17H,1H3. The molecular formula is C14H12O4. The quantitative estimate of drug-likeness (QED) is 0.430. The molecule has 0 heterocycles. The molecule has 0 aliphatic rings. The van der Waals surface area contributed by atoms with Crippen molar-refractivity contribution >= 4 is 5.78 Å². The maximum absolute atomic E-state index is 12.1. The summed E-state index contributed by atoms with van der Waals surface area (Å²) in [5, 5.41) is 28.2. The largest absolute Gasteiger partial charge is 0.507 e. The lowest BCUT2D eigenvalue weighted by atomic mass is 10.0. The summed E-state index contributed by atoms with van der Waals surface area (Å²) in [6.45, 7) is 1.85. The highest BCUT2D eigenvalue weighted by molar-refractivity contribution is 6.11. The van der Waals surface area contributed by atoms with E-state index in [-0.39, 0.29) is 11.3 Å². The third-order valence-electron chi connectivity index (χ3n) is 2.62. The number of aromatic hydroxyl groups is 3. The summed E-state index contributed by atoms with van der Waals surface area (Å²) in [5.41, 5.74) is 1.29. The zero-order valence-electron chi connectivity index (χ0n) is 9.71. The average molecular weight is 244 g/mol. The Morgan fingerprint density at radius 3 is 2.28 bits per heavy atom. The summed E-state index contributed by atoms with van der Waals surface area (Å²) in [5.74, 6) is -1.68. The number of ketones is 1. The van der Waals surface area contributed by atoms with Crippen LogP contribution in [0.3, 0.4) is 0 Å². The van der Waals surface area contributed by atoms with E-state index in [1.807, 2.05) is 13.0 Å². The van der Waals surface area contributed by atoms with Crippen molar-refractivity contribution in [3.63, 3.8) is 0 Å². The zero-order valence-corrected chi connectivity index (χ0v) is 9.71. The van der Waals surface area contributed by atoms with Crippen LogP contribution in [-0.4, -0.2) is 21.1 Å². The van der Waals surface area contributed by atoms with Gasteiger partial charge >= 0.3 is 0 Å². The molecule has 0 bridgehead atoms. The predicted octanol–water partition coefficient (Wildman–Crippen LogP) is 2.34. The zero-order chi connectivity index (χ0) is 13.3. The number of phenolic OH excluding ortho intramolecular Hbond substituents is 3. The van der Waals surface area contributed by atoms with Gasteiger partial charge in [-0.05, 0) is 19.1 Å². The number of carbonyl (C=O) groups is 1. The van der Waals surface area contributed by atoms with E-state index >= 15 is 0 Å². The first-order chi connectivity index (χ1) is 8.49. The second-order valence-electron chi connectivity index (χ2n) is 4.06. The van der Waals surface area contributed by atoms with Crippen LogP contribution in [-0.2, 0) is 0 Å². The van der Waals surface area contributed by atoms with E-state index in [0.29, 0.717) is 5.56 Å². The van der Waals surface area contributed by atoms with Gasteiger partial charge in [0.15, 0.2) is 17.3 Å². The van der Waals surface area contributed by atoms with E-state index in [9.17, 15) is 20.1 Å². The molecule has 0 aliphatic heterocycles. The van der Waals surface area contributed by atoms with Gasteiger partial charge < -0.3 is 15.3 Å². The summed E-state index contributed by atoms with van der Waals surface area (Å²) in [4.78, 5) is 12.1. The van der Waals surface area contributed by atoms with Crippen LogP contribution in [0.4, 0.5) is 0 Å². The number of phenols is 3. The van der Waals surface area contributed by atoms with E-state index in [1.54, 1.807) is 18.2 Å². The van der Waals surface area contributed by atoms with Gasteiger partial charge in [-0.15, -0.1) is 0 Å². The van der Waals surface area contributed by atoms with Crippen molar-refractivity contribution in [2.75, 3.05) is 0 Å². The van der Waals surface area contributed by atoms with Crippen molar-refractivity contribution in [3.05, 3.63) is 53.1 Å². The molecule has 0 fully saturated rings. The van der Waals surface area contributed by atoms with Crippen molar-refractivity contribution < 1.29 is 20.1 Å². The fourth-order valence-electron chi connectivity index (χ4n) is 1.69. The van der Waals surface area contributed by atoms with Crippen LogP contribution in [0.5, 0.6) is 17.2 Å². The number of benzene rings is 2. The summed E-state index contributed by atoms with van der Waals surface area (Å²) in [6, 6.07) is 8.89. The number of hydrogen-bond donors (Lipinski definition) is 3. The van der Waals surface area contributed by atoms with Crippen LogP contribution < -0.4 is 0 Å². The number of carbonyl (C=O) groups excluding carboxylic acids is 1. The lowest BCUT2D eigenvalue weighted by molar-refractivity contribution is 0.103. The molecular weight excluding hydrogens is 232 g/mol. The molecule has 18 heavy (non-hydrogen) atoms. The van der Waals surface area contributed by atoms with Crippen LogP contribution in [0.2, 0.25) is 0 Å². The Morgan fingerprint density at radius 1 is 0.944 bits per heavy atom. The minimum absolute atomic E-state index is 0.0455. The lowest BCUT2D eigenvalue weighted by Gasteiger charge is -2.06. The van der Waals surface area contributed by atoms with E-state index in [1.165, 1.54) is 0 Å². The third-order valence-corrected chi connectivity index (χ3v) is 2.62. The van der Waals surface area contributed by atoms with Gasteiger partial charge in [0.2, 0.25) is 0 Å². The Labute approximate surface area is 104 Å². The number of hydrogen-bond acceptors (Lipinski definition) is 4. The maximum atomic E-state index is 12.1. The molecule has 2 aromatic carbocycles. The second-order valence-corrected chi connectivity index (χ2v) is 4.06. The summed E-state index contributed by atoms with van der Waals surface area (Å²) in [6.07, 6.45) is 0. The van der Waals surface area contributed by atoms with E-state index in [0.717, 1.165) is 17.7 Å². The average Bonchev–Trinajstić information content (AvgIpc) is 2.33. The second kappa shape index (κ2) is 4.41. The van der Waals surface area contributed by atoms with Gasteiger partial charge in [-0.1, -0.05) is 23.8 Å². The molecule has 2 aromatic rings. The number of rotatable bonds is 2. The van der Waals surface area contributed by atoms with Crippen LogP contribution in [0.25, 0.3) is 0 Å². The Hall–Kier alpha value is -2.49. The van der Waals surface area contributed by atoms with Crippen molar-refractivity contribution in [2.45, 2.75) is 6.92 Å². The molecule has 92 valence electrons. The molecule has 0 atom stereocenters. The fraction of sp³-hybridized carbons (Fsp3) is 0.0714. The van der Waals surface area contributed by atoms with Crippen molar-refractivity contribution in [1.82, 2.24) is 0 Å². The molecule has 3 N–H and O–H groups in total. The van der Waals surface area contributed by atoms with Crippen molar-refractivity contribution in [1.29, 1.82) is 0 Å². The molecule has 4 nitrogen and oxygen atoms in total. The van der Waals surface area contributed by atoms with Crippen LogP contribution in [0, 0.1) is 6.92 Å². The first kappa shape index (κ1) is 12.0. The monoisotopic (exact) mass is 244 g/mol. The van der Waals surface area contributed by atoms with Gasteiger partial charge in [0, 0.05) is 11.6 Å². The van der Waals surface area contributed by atoms with Gasteiger partial charge in [-0.3, -0.25) is 4.79 Å². The molecule has 0 aliphatic carbocycles. The van der Waals surface area contributed by atoms with Crippen LogP contribution in [0.1, 0.15) is 21.5 Å². The molecule has 2 rings (SSSR count). The van der Waals surface area contributed by atoms with Crippen molar-refractivity contribution in [2.24, 2.45) is 0 Å². The third kappa shape index (κ3) is 2.13. The Balaban J connectivity index is 2.49. The first-order valence-electron chi connectivity index (χ1n) is 5.35. The lowest BCUT2D eigenvalue weighted by Crippen LogP contribution is -2.01. The predicted molar refractivity (Wildman–Crippen MR) is 66.0 cm³/mol. The van der Waals surface area contributed by atoms with E-state index < -0.39 is 17.3 Å².